The number of benzene rings is 1. The van der Waals surface area contributed by atoms with E-state index in [0.717, 1.165) is 18.5 Å². The van der Waals surface area contributed by atoms with E-state index >= 15 is 0 Å². The van der Waals surface area contributed by atoms with E-state index in [0.29, 0.717) is 21.6 Å². The minimum atomic E-state index is -0.378. The summed E-state index contributed by atoms with van der Waals surface area (Å²) in [7, 11) is 0. The van der Waals surface area contributed by atoms with Crippen LogP contribution < -0.4 is 5.63 Å². The van der Waals surface area contributed by atoms with E-state index in [1.165, 1.54) is 0 Å². The lowest BCUT2D eigenvalue weighted by Gasteiger charge is -2.34. The normalized spacial score (nSPS) is 22.0. The molecule has 4 nitrogen and oxygen atoms in total. The van der Waals surface area contributed by atoms with Crippen molar-refractivity contribution in [2.24, 2.45) is 0 Å². The molecule has 1 aliphatic heterocycles. The van der Waals surface area contributed by atoms with Gasteiger partial charge in [-0.05, 0) is 17.5 Å². The molecule has 0 saturated carbocycles. The standard InChI is InChI=1S/C17H19NO3S/c1-11-9-18(10-12(2)22-11)16(19)8-14-7-13-5-3-4-6-15(13)17(20)21-14/h3-7,11-12H,8-10H2,1-2H3. The van der Waals surface area contributed by atoms with Gasteiger partial charge >= 0.3 is 5.63 Å². The van der Waals surface area contributed by atoms with Gasteiger partial charge in [-0.1, -0.05) is 32.0 Å². The zero-order chi connectivity index (χ0) is 15.7. The molecule has 2 aromatic rings. The van der Waals surface area contributed by atoms with Gasteiger partial charge in [-0.3, -0.25) is 4.79 Å². The maximum atomic E-state index is 12.5. The third kappa shape index (κ3) is 3.19. The van der Waals surface area contributed by atoms with E-state index in [2.05, 4.69) is 13.8 Å². The van der Waals surface area contributed by atoms with Gasteiger partial charge in [0, 0.05) is 23.6 Å². The first kappa shape index (κ1) is 15.2. The largest absolute Gasteiger partial charge is 0.427 e. The van der Waals surface area contributed by atoms with Crippen LogP contribution in [0.15, 0.2) is 39.5 Å². The third-order valence-corrected chi connectivity index (χ3v) is 5.05. The van der Waals surface area contributed by atoms with Crippen molar-refractivity contribution in [1.29, 1.82) is 0 Å². The second-order valence-electron chi connectivity index (χ2n) is 5.82. The van der Waals surface area contributed by atoms with Crippen LogP contribution in [0.5, 0.6) is 0 Å². The Labute approximate surface area is 133 Å². The van der Waals surface area contributed by atoms with Crippen molar-refractivity contribution in [2.45, 2.75) is 30.8 Å². The molecule has 2 unspecified atom stereocenters. The van der Waals surface area contributed by atoms with Crippen LogP contribution in [0.4, 0.5) is 0 Å². The highest BCUT2D eigenvalue weighted by molar-refractivity contribution is 8.00. The summed E-state index contributed by atoms with van der Waals surface area (Å²) in [5, 5.41) is 2.25. The van der Waals surface area contributed by atoms with E-state index in [-0.39, 0.29) is 18.0 Å². The van der Waals surface area contributed by atoms with E-state index in [4.69, 9.17) is 4.42 Å². The Morgan fingerprint density at radius 3 is 2.68 bits per heavy atom. The molecule has 0 radical (unpaired) electrons. The van der Waals surface area contributed by atoms with Gasteiger partial charge in [0.05, 0.1) is 11.8 Å². The molecule has 1 aliphatic rings. The second kappa shape index (κ2) is 6.16. The van der Waals surface area contributed by atoms with Gasteiger partial charge in [-0.2, -0.15) is 11.8 Å². The molecule has 1 aromatic carbocycles. The predicted molar refractivity (Wildman–Crippen MR) is 89.3 cm³/mol. The molecule has 0 N–H and O–H groups in total. The van der Waals surface area contributed by atoms with E-state index < -0.39 is 0 Å². The highest BCUT2D eigenvalue weighted by Crippen LogP contribution is 2.25. The third-order valence-electron chi connectivity index (χ3n) is 3.82. The average Bonchev–Trinajstić information content (AvgIpc) is 2.46. The molecule has 3 rings (SSSR count). The van der Waals surface area contributed by atoms with Crippen LogP contribution in [0.1, 0.15) is 19.6 Å². The Morgan fingerprint density at radius 2 is 1.95 bits per heavy atom. The fraction of sp³-hybridized carbons (Fsp3) is 0.412. The lowest BCUT2D eigenvalue weighted by Crippen LogP contribution is -2.44. The van der Waals surface area contributed by atoms with Crippen LogP contribution in [-0.2, 0) is 11.2 Å². The summed E-state index contributed by atoms with van der Waals surface area (Å²) in [6, 6.07) is 9.07. The predicted octanol–water partition coefficient (Wildman–Crippen LogP) is 2.69. The summed E-state index contributed by atoms with van der Waals surface area (Å²) in [6.07, 6.45) is 0.143. The van der Waals surface area contributed by atoms with Gasteiger partial charge in [0.25, 0.3) is 0 Å². The first-order valence-corrected chi connectivity index (χ1v) is 8.42. The lowest BCUT2D eigenvalue weighted by atomic mass is 10.1. The summed E-state index contributed by atoms with van der Waals surface area (Å²) in [6.45, 7) is 5.78. The molecule has 1 aromatic heterocycles. The van der Waals surface area contributed by atoms with Crippen molar-refractivity contribution in [3.8, 4) is 0 Å². The number of carbonyl (C=O) groups is 1. The molecule has 5 heteroatoms. The summed E-state index contributed by atoms with van der Waals surface area (Å²) in [5.74, 6) is 0.463. The first-order chi connectivity index (χ1) is 10.5. The van der Waals surface area contributed by atoms with Crippen molar-refractivity contribution in [3.05, 3.63) is 46.5 Å². The van der Waals surface area contributed by atoms with Gasteiger partial charge in [-0.25, -0.2) is 4.79 Å². The van der Waals surface area contributed by atoms with Gasteiger partial charge < -0.3 is 9.32 Å². The van der Waals surface area contributed by atoms with Gasteiger partial charge in [0.15, 0.2) is 0 Å². The number of rotatable bonds is 2. The topological polar surface area (TPSA) is 50.5 Å². The molecule has 1 saturated heterocycles. The SMILES string of the molecule is CC1CN(C(=O)Cc2cc3ccccc3c(=O)o2)CC(C)S1. The maximum absolute atomic E-state index is 12.5. The summed E-state index contributed by atoms with van der Waals surface area (Å²) in [5.41, 5.74) is -0.378. The molecule has 0 bridgehead atoms. The molecular formula is C17H19NO3S. The highest BCUT2D eigenvalue weighted by Gasteiger charge is 2.26. The molecule has 2 atom stereocenters. The fourth-order valence-electron chi connectivity index (χ4n) is 2.92. The van der Waals surface area contributed by atoms with Crippen LogP contribution in [0.3, 0.4) is 0 Å². The quantitative estimate of drug-likeness (QED) is 0.854. The minimum absolute atomic E-state index is 0.0254. The number of amides is 1. The van der Waals surface area contributed by atoms with Crippen LogP contribution in [0.25, 0.3) is 10.8 Å². The number of fused-ring (bicyclic) bond motifs is 1. The smallest absolute Gasteiger partial charge is 0.343 e. The van der Waals surface area contributed by atoms with Gasteiger partial charge in [-0.15, -0.1) is 0 Å². The molecule has 0 aliphatic carbocycles. The number of hydrogen-bond acceptors (Lipinski definition) is 4. The van der Waals surface area contributed by atoms with Crippen molar-refractivity contribution >= 4 is 28.4 Å². The van der Waals surface area contributed by atoms with E-state index in [1.54, 1.807) is 18.2 Å². The monoisotopic (exact) mass is 317 g/mol. The Bertz CT molecular complexity index is 745. The molecule has 116 valence electrons. The molecule has 1 amide bonds. The van der Waals surface area contributed by atoms with Crippen LogP contribution >= 0.6 is 11.8 Å². The highest BCUT2D eigenvalue weighted by atomic mass is 32.2. The number of nitrogens with zero attached hydrogens (tertiary/aromatic N) is 1. The number of thioether (sulfide) groups is 1. The first-order valence-electron chi connectivity index (χ1n) is 7.48. The van der Waals surface area contributed by atoms with Crippen molar-refractivity contribution in [1.82, 2.24) is 4.90 Å². The maximum Gasteiger partial charge on any atom is 0.343 e. The van der Waals surface area contributed by atoms with Gasteiger partial charge in [0.1, 0.15) is 5.76 Å². The lowest BCUT2D eigenvalue weighted by molar-refractivity contribution is -0.130. The van der Waals surface area contributed by atoms with Crippen LogP contribution in [0.2, 0.25) is 0 Å². The van der Waals surface area contributed by atoms with Crippen molar-refractivity contribution in [2.75, 3.05) is 13.1 Å². The Balaban J connectivity index is 1.81. The van der Waals surface area contributed by atoms with Crippen LogP contribution in [0, 0.1) is 0 Å². The molecule has 1 fully saturated rings. The number of hydrogen-bond donors (Lipinski definition) is 0. The Morgan fingerprint density at radius 1 is 1.27 bits per heavy atom. The fourth-order valence-corrected chi connectivity index (χ4v) is 4.24. The van der Waals surface area contributed by atoms with Crippen LogP contribution in [-0.4, -0.2) is 34.4 Å². The zero-order valence-corrected chi connectivity index (χ0v) is 13.6. The van der Waals surface area contributed by atoms with Crippen molar-refractivity contribution < 1.29 is 9.21 Å². The molecule has 22 heavy (non-hydrogen) atoms. The van der Waals surface area contributed by atoms with Crippen molar-refractivity contribution in [3.63, 3.8) is 0 Å². The van der Waals surface area contributed by atoms with Gasteiger partial charge in [0.2, 0.25) is 5.91 Å². The Kier molecular flexibility index (Phi) is 4.25. The molecule has 2 heterocycles. The summed E-state index contributed by atoms with van der Waals surface area (Å²) < 4.78 is 5.30. The van der Waals surface area contributed by atoms with E-state index in [9.17, 15) is 9.59 Å². The summed E-state index contributed by atoms with van der Waals surface area (Å²) >= 11 is 1.91. The molecule has 0 spiro atoms. The average molecular weight is 317 g/mol. The minimum Gasteiger partial charge on any atom is -0.427 e. The summed E-state index contributed by atoms with van der Waals surface area (Å²) in [4.78, 5) is 26.3. The van der Waals surface area contributed by atoms with E-state index in [1.807, 2.05) is 28.8 Å². The number of carbonyl (C=O) groups excluding carboxylic acids is 1. The second-order valence-corrected chi connectivity index (χ2v) is 7.70. The zero-order valence-electron chi connectivity index (χ0n) is 12.7. The Hall–Kier alpha value is -1.75. The molecular weight excluding hydrogens is 298 g/mol.